The van der Waals surface area contributed by atoms with Crippen molar-refractivity contribution in [3.63, 3.8) is 0 Å². The molecule has 0 atom stereocenters. The molecule has 0 aliphatic carbocycles. The van der Waals surface area contributed by atoms with E-state index in [9.17, 15) is 0 Å². The van der Waals surface area contributed by atoms with Crippen molar-refractivity contribution in [3.05, 3.63) is 75.1 Å². The van der Waals surface area contributed by atoms with Crippen LogP contribution in [0.1, 0.15) is 26.6 Å². The van der Waals surface area contributed by atoms with Crippen LogP contribution >= 0.6 is 11.3 Å². The Balaban J connectivity index is 1.62. The fourth-order valence-electron chi connectivity index (χ4n) is 2.88. The summed E-state index contributed by atoms with van der Waals surface area (Å²) in [6.07, 6.45) is 2.79. The molecule has 4 heteroatoms. The SMILES string of the molecule is N#Cc1ccc2c(c1)CCc1sc(Cc3ccccc3)nc1N2. The number of fused-ring (bicyclic) bond motifs is 2. The minimum absolute atomic E-state index is 0.716. The van der Waals surface area contributed by atoms with Crippen LogP contribution in [0.25, 0.3) is 0 Å². The average molecular weight is 317 g/mol. The lowest BCUT2D eigenvalue weighted by Gasteiger charge is -2.07. The number of benzene rings is 2. The molecule has 1 aliphatic rings. The van der Waals surface area contributed by atoms with Gasteiger partial charge in [0.2, 0.25) is 0 Å². The summed E-state index contributed by atoms with van der Waals surface area (Å²) < 4.78 is 0. The zero-order chi connectivity index (χ0) is 15.6. The van der Waals surface area contributed by atoms with Crippen LogP contribution in [0.15, 0.2) is 48.5 Å². The maximum absolute atomic E-state index is 9.04. The van der Waals surface area contributed by atoms with Crippen molar-refractivity contribution in [2.75, 3.05) is 5.32 Å². The number of rotatable bonds is 2. The molecular weight excluding hydrogens is 302 g/mol. The molecule has 4 rings (SSSR count). The third-order valence-corrected chi connectivity index (χ3v) is 5.16. The second kappa shape index (κ2) is 5.86. The number of nitriles is 1. The summed E-state index contributed by atoms with van der Waals surface area (Å²) in [7, 11) is 0. The van der Waals surface area contributed by atoms with Crippen LogP contribution in [0.4, 0.5) is 11.5 Å². The Kier molecular flexibility index (Phi) is 3.57. The Morgan fingerprint density at radius 2 is 2.00 bits per heavy atom. The van der Waals surface area contributed by atoms with E-state index in [2.05, 4.69) is 35.7 Å². The summed E-state index contributed by atoms with van der Waals surface area (Å²) in [6.45, 7) is 0. The van der Waals surface area contributed by atoms with Gasteiger partial charge in [-0.15, -0.1) is 11.3 Å². The molecule has 0 saturated heterocycles. The van der Waals surface area contributed by atoms with Crippen LogP contribution in [0.5, 0.6) is 0 Å². The van der Waals surface area contributed by atoms with Gasteiger partial charge in [-0.2, -0.15) is 5.26 Å². The van der Waals surface area contributed by atoms with Crippen LogP contribution in [0.3, 0.4) is 0 Å². The predicted molar refractivity (Wildman–Crippen MR) is 93.2 cm³/mol. The molecule has 1 aromatic heterocycles. The van der Waals surface area contributed by atoms with E-state index in [1.165, 1.54) is 16.0 Å². The molecule has 0 radical (unpaired) electrons. The fourth-order valence-corrected chi connectivity index (χ4v) is 3.94. The standard InChI is InChI=1S/C19H15N3S/c20-12-14-6-8-16-15(10-14)7-9-17-19(21-16)22-18(23-17)11-13-4-2-1-3-5-13/h1-6,8,10,21H,7,9,11H2. The van der Waals surface area contributed by atoms with Gasteiger partial charge in [0.05, 0.1) is 16.6 Å². The predicted octanol–water partition coefficient (Wildman–Crippen LogP) is 4.45. The molecule has 0 bridgehead atoms. The van der Waals surface area contributed by atoms with Gasteiger partial charge in [-0.3, -0.25) is 0 Å². The van der Waals surface area contributed by atoms with Crippen molar-refractivity contribution >= 4 is 22.8 Å². The molecular formula is C19H15N3S. The van der Waals surface area contributed by atoms with Crippen molar-refractivity contribution < 1.29 is 0 Å². The first kappa shape index (κ1) is 14.0. The van der Waals surface area contributed by atoms with Crippen LogP contribution in [0.2, 0.25) is 0 Å². The molecule has 0 amide bonds. The van der Waals surface area contributed by atoms with E-state index in [4.69, 9.17) is 10.2 Å². The van der Waals surface area contributed by atoms with Crippen LogP contribution in [0, 0.1) is 11.3 Å². The maximum Gasteiger partial charge on any atom is 0.144 e. The Bertz CT molecular complexity index is 891. The lowest BCUT2D eigenvalue weighted by atomic mass is 10.1. The Labute approximate surface area is 139 Å². The smallest absolute Gasteiger partial charge is 0.144 e. The third kappa shape index (κ3) is 2.84. The number of nitrogens with zero attached hydrogens (tertiary/aromatic N) is 2. The number of nitrogens with one attached hydrogen (secondary N) is 1. The normalized spacial score (nSPS) is 12.5. The molecule has 2 heterocycles. The summed E-state index contributed by atoms with van der Waals surface area (Å²) >= 11 is 1.79. The van der Waals surface area contributed by atoms with E-state index in [-0.39, 0.29) is 0 Å². The van der Waals surface area contributed by atoms with Crippen molar-refractivity contribution in [2.24, 2.45) is 0 Å². The van der Waals surface area contributed by atoms with E-state index in [1.807, 2.05) is 24.3 Å². The molecule has 3 aromatic rings. The zero-order valence-electron chi connectivity index (χ0n) is 12.5. The summed E-state index contributed by atoms with van der Waals surface area (Å²) in [6, 6.07) is 18.5. The highest BCUT2D eigenvalue weighted by Crippen LogP contribution is 2.34. The quantitative estimate of drug-likeness (QED) is 0.760. The topological polar surface area (TPSA) is 48.7 Å². The number of thiazole rings is 1. The van der Waals surface area contributed by atoms with Crippen LogP contribution < -0.4 is 5.32 Å². The first-order valence-electron chi connectivity index (χ1n) is 7.64. The van der Waals surface area contributed by atoms with E-state index < -0.39 is 0 Å². The highest BCUT2D eigenvalue weighted by Gasteiger charge is 2.17. The third-order valence-electron chi connectivity index (χ3n) is 4.05. The number of aryl methyl sites for hydroxylation is 2. The number of aromatic nitrogens is 1. The lowest BCUT2D eigenvalue weighted by molar-refractivity contribution is 0.994. The molecule has 0 unspecified atom stereocenters. The van der Waals surface area contributed by atoms with Gasteiger partial charge in [-0.25, -0.2) is 4.98 Å². The monoisotopic (exact) mass is 317 g/mol. The second-order valence-electron chi connectivity index (χ2n) is 5.65. The zero-order valence-corrected chi connectivity index (χ0v) is 13.4. The number of hydrogen-bond acceptors (Lipinski definition) is 4. The molecule has 23 heavy (non-hydrogen) atoms. The van der Waals surface area contributed by atoms with Crippen LogP contribution in [-0.2, 0) is 19.3 Å². The van der Waals surface area contributed by atoms with E-state index in [0.717, 1.165) is 35.8 Å². The van der Waals surface area contributed by atoms with Gasteiger partial charge in [0.25, 0.3) is 0 Å². The maximum atomic E-state index is 9.04. The molecule has 2 aromatic carbocycles. The van der Waals surface area contributed by atoms with Crippen molar-refractivity contribution in [1.82, 2.24) is 4.98 Å². The van der Waals surface area contributed by atoms with Gasteiger partial charge in [0.15, 0.2) is 0 Å². The highest BCUT2D eigenvalue weighted by atomic mass is 32.1. The van der Waals surface area contributed by atoms with E-state index in [1.54, 1.807) is 11.3 Å². The molecule has 0 spiro atoms. The minimum atomic E-state index is 0.716. The average Bonchev–Trinajstić information content (AvgIpc) is 2.87. The summed E-state index contributed by atoms with van der Waals surface area (Å²) in [4.78, 5) is 6.09. The van der Waals surface area contributed by atoms with Gasteiger partial charge >= 0.3 is 0 Å². The van der Waals surface area contributed by atoms with E-state index in [0.29, 0.717) is 5.56 Å². The number of hydrogen-bond donors (Lipinski definition) is 1. The van der Waals surface area contributed by atoms with Gasteiger partial charge in [0, 0.05) is 17.0 Å². The summed E-state index contributed by atoms with van der Waals surface area (Å²) in [5, 5.41) is 13.6. The lowest BCUT2D eigenvalue weighted by Crippen LogP contribution is -1.95. The molecule has 1 N–H and O–H groups in total. The number of anilines is 2. The molecule has 1 aliphatic heterocycles. The van der Waals surface area contributed by atoms with Gasteiger partial charge < -0.3 is 5.32 Å². The Morgan fingerprint density at radius 1 is 1.13 bits per heavy atom. The largest absolute Gasteiger partial charge is 0.339 e. The molecule has 3 nitrogen and oxygen atoms in total. The molecule has 0 saturated carbocycles. The van der Waals surface area contributed by atoms with Gasteiger partial charge in [-0.05, 0) is 42.2 Å². The first-order chi connectivity index (χ1) is 11.3. The first-order valence-corrected chi connectivity index (χ1v) is 8.46. The molecule has 112 valence electrons. The fraction of sp³-hybridized carbons (Fsp3) is 0.158. The summed E-state index contributed by atoms with van der Waals surface area (Å²) in [5.41, 5.74) is 4.27. The minimum Gasteiger partial charge on any atom is -0.339 e. The Morgan fingerprint density at radius 3 is 2.83 bits per heavy atom. The second-order valence-corrected chi connectivity index (χ2v) is 6.82. The van der Waals surface area contributed by atoms with E-state index >= 15 is 0 Å². The molecule has 0 fully saturated rings. The van der Waals surface area contributed by atoms with Crippen molar-refractivity contribution in [1.29, 1.82) is 5.26 Å². The van der Waals surface area contributed by atoms with Crippen LogP contribution in [-0.4, -0.2) is 4.98 Å². The summed E-state index contributed by atoms with van der Waals surface area (Å²) in [5.74, 6) is 0.976. The Hall–Kier alpha value is -2.64. The van der Waals surface area contributed by atoms with Crippen molar-refractivity contribution in [3.8, 4) is 6.07 Å². The van der Waals surface area contributed by atoms with Gasteiger partial charge in [0.1, 0.15) is 5.82 Å². The van der Waals surface area contributed by atoms with Gasteiger partial charge in [-0.1, -0.05) is 30.3 Å². The van der Waals surface area contributed by atoms with Crippen molar-refractivity contribution in [2.45, 2.75) is 19.3 Å². The highest BCUT2D eigenvalue weighted by molar-refractivity contribution is 7.12.